The van der Waals surface area contributed by atoms with Gasteiger partial charge in [-0.1, -0.05) is 15.9 Å². The first kappa shape index (κ1) is 36.8. The zero-order valence-corrected chi connectivity index (χ0v) is 26.6. The topological polar surface area (TPSA) is 212 Å². The first-order valence-corrected chi connectivity index (χ1v) is 14.1. The van der Waals surface area contributed by atoms with E-state index >= 15 is 0 Å². The molecule has 0 bridgehead atoms. The summed E-state index contributed by atoms with van der Waals surface area (Å²) < 4.78 is 55.2. The minimum absolute atomic E-state index is 0.460. The maximum atomic E-state index is 12.2. The van der Waals surface area contributed by atoms with Gasteiger partial charge in [0.2, 0.25) is 0 Å². The van der Waals surface area contributed by atoms with Gasteiger partial charge in [0, 0.05) is 48.5 Å². The number of esters is 7. The summed E-state index contributed by atoms with van der Waals surface area (Å²) in [6.07, 6.45) is -13.2. The van der Waals surface area contributed by atoms with Gasteiger partial charge in [-0.25, -0.2) is 0 Å². The predicted molar refractivity (Wildman–Crippen MR) is 142 cm³/mol. The SMILES string of the molecule is CC(=O)OC[C@@H]1O[C@@H](Br)[C@@H](OC(C)=O)[C@@H](OC(C)=O)[C@@H]1O[C@H]1O[C@@H](COC(C)=O)[C@@H](OC(C)=O)[C@@H](OC(C)=O)[C@H]1OC(C)=O. The van der Waals surface area contributed by atoms with Crippen molar-refractivity contribution in [3.63, 3.8) is 0 Å². The number of carbonyl (C=O) groups excluding carboxylic acids is 7. The Labute approximate surface area is 260 Å². The number of halogens is 1. The van der Waals surface area contributed by atoms with Crippen LogP contribution in [0.15, 0.2) is 0 Å². The Balaban J connectivity index is 2.66. The fraction of sp³-hybridized carbons (Fsp3) is 0.731. The molecular weight excluding hydrogens is 664 g/mol. The molecule has 2 rings (SSSR count). The van der Waals surface area contributed by atoms with Gasteiger partial charge in [-0.05, 0) is 0 Å². The maximum absolute atomic E-state index is 12.2. The van der Waals surface area contributed by atoms with Crippen LogP contribution in [0.3, 0.4) is 0 Å². The zero-order chi connectivity index (χ0) is 33.3. The molecule has 0 aromatic rings. The number of alkyl halides is 1. The van der Waals surface area contributed by atoms with Crippen LogP contribution in [-0.4, -0.2) is 115 Å². The van der Waals surface area contributed by atoms with Crippen molar-refractivity contribution in [2.45, 2.75) is 109 Å². The summed E-state index contributed by atoms with van der Waals surface area (Å²) in [5.74, 6) is -5.63. The summed E-state index contributed by atoms with van der Waals surface area (Å²) in [6.45, 7) is 6.57. The third-order valence-electron chi connectivity index (χ3n) is 5.87. The first-order valence-electron chi connectivity index (χ1n) is 13.2. The molecule has 0 radical (unpaired) electrons. The van der Waals surface area contributed by atoms with Crippen molar-refractivity contribution in [3.8, 4) is 0 Å². The molecule has 0 aromatic heterocycles. The minimum Gasteiger partial charge on any atom is -0.463 e. The van der Waals surface area contributed by atoms with Crippen LogP contribution in [0.4, 0.5) is 0 Å². The Kier molecular flexibility index (Phi) is 13.9. The van der Waals surface area contributed by atoms with Crippen molar-refractivity contribution in [2.24, 2.45) is 0 Å². The Hall–Kier alpha value is -3.35. The van der Waals surface area contributed by atoms with Crippen LogP contribution in [0.25, 0.3) is 0 Å². The smallest absolute Gasteiger partial charge is 0.303 e. The highest BCUT2D eigenvalue weighted by molar-refractivity contribution is 9.09. The van der Waals surface area contributed by atoms with Crippen LogP contribution < -0.4 is 0 Å². The second-order valence-electron chi connectivity index (χ2n) is 9.64. The normalized spacial score (nSPS) is 31.5. The quantitative estimate of drug-likeness (QED) is 0.158. The molecule has 2 saturated heterocycles. The maximum Gasteiger partial charge on any atom is 0.303 e. The molecule has 0 spiro atoms. The summed E-state index contributed by atoms with van der Waals surface area (Å²) in [4.78, 5) is 83.8. The van der Waals surface area contributed by atoms with Gasteiger partial charge in [0.1, 0.15) is 31.5 Å². The summed E-state index contributed by atoms with van der Waals surface area (Å²) >= 11 is 3.23. The van der Waals surface area contributed by atoms with Crippen LogP contribution in [0.2, 0.25) is 0 Å². The number of hydrogen-bond acceptors (Lipinski definition) is 17. The average molecular weight is 699 g/mol. The van der Waals surface area contributed by atoms with Crippen LogP contribution in [-0.2, 0) is 80.9 Å². The Bertz CT molecular complexity index is 1090. The monoisotopic (exact) mass is 698 g/mol. The molecule has 0 aromatic carbocycles. The van der Waals surface area contributed by atoms with Crippen LogP contribution >= 0.6 is 15.9 Å². The Morgan fingerprint density at radius 1 is 0.477 bits per heavy atom. The predicted octanol–water partition coefficient (Wildman–Crippen LogP) is 0.00100. The second kappa shape index (κ2) is 16.6. The molecule has 248 valence electrons. The minimum atomic E-state index is -1.73. The van der Waals surface area contributed by atoms with Crippen molar-refractivity contribution in [2.75, 3.05) is 13.2 Å². The average Bonchev–Trinajstić information content (AvgIpc) is 2.87. The largest absolute Gasteiger partial charge is 0.463 e. The lowest BCUT2D eigenvalue weighted by atomic mass is 9.96. The zero-order valence-electron chi connectivity index (χ0n) is 25.0. The third-order valence-corrected chi connectivity index (χ3v) is 6.61. The van der Waals surface area contributed by atoms with Gasteiger partial charge < -0.3 is 47.4 Å². The van der Waals surface area contributed by atoms with E-state index in [0.29, 0.717) is 0 Å². The van der Waals surface area contributed by atoms with Crippen LogP contribution in [0, 0.1) is 0 Å². The van der Waals surface area contributed by atoms with Crippen molar-refractivity contribution in [1.82, 2.24) is 0 Å². The van der Waals surface area contributed by atoms with E-state index in [2.05, 4.69) is 15.9 Å². The summed E-state index contributed by atoms with van der Waals surface area (Å²) in [5, 5.41) is -1.09. The molecule has 0 aliphatic carbocycles. The highest BCUT2D eigenvalue weighted by Gasteiger charge is 2.57. The van der Waals surface area contributed by atoms with Crippen molar-refractivity contribution in [3.05, 3.63) is 0 Å². The molecule has 18 heteroatoms. The van der Waals surface area contributed by atoms with Gasteiger partial charge in [0.05, 0.1) is 0 Å². The van der Waals surface area contributed by atoms with E-state index in [-0.39, 0.29) is 0 Å². The molecule has 0 saturated carbocycles. The van der Waals surface area contributed by atoms with Gasteiger partial charge in [0.25, 0.3) is 0 Å². The first-order chi connectivity index (χ1) is 20.5. The molecular formula is C26H35BrO17. The molecule has 2 heterocycles. The number of carbonyl (C=O) groups is 7. The second-order valence-corrected chi connectivity index (χ2v) is 10.5. The molecule has 0 unspecified atom stereocenters. The van der Waals surface area contributed by atoms with Crippen molar-refractivity contribution in [1.29, 1.82) is 0 Å². The Morgan fingerprint density at radius 3 is 1.27 bits per heavy atom. The summed E-state index contributed by atoms with van der Waals surface area (Å²) in [5.41, 5.74) is 0. The highest BCUT2D eigenvalue weighted by Crippen LogP contribution is 2.36. The molecule has 10 atom stereocenters. The number of rotatable bonds is 11. The molecule has 0 N–H and O–H groups in total. The van der Waals surface area contributed by atoms with E-state index in [4.69, 9.17) is 47.4 Å². The lowest BCUT2D eigenvalue weighted by Gasteiger charge is -2.48. The van der Waals surface area contributed by atoms with Gasteiger partial charge in [-0.2, -0.15) is 0 Å². The third kappa shape index (κ3) is 11.0. The number of ether oxygens (including phenoxy) is 10. The van der Waals surface area contributed by atoms with Gasteiger partial charge in [-0.3, -0.25) is 33.6 Å². The van der Waals surface area contributed by atoms with Crippen molar-refractivity contribution >= 4 is 57.7 Å². The molecule has 17 nitrogen and oxygen atoms in total. The lowest BCUT2D eigenvalue weighted by Crippen LogP contribution is -2.66. The highest BCUT2D eigenvalue weighted by atomic mass is 79.9. The standard InChI is InChI=1S/C26H35BrO17/c1-10(28)35-8-17-20(21(38-13(4)31)23(25(27)42-17)40-15(6)33)44-26-24(41-16(7)34)22(39-14(5)32)19(37-12(3)30)18(43-26)9-36-11(2)29/h17-26H,8-9H2,1-7H3/t17-,18-,19+,20+,21-,22+,23-,24+,25+,26+/m0/s1. The molecule has 2 aliphatic rings. The molecule has 2 aliphatic heterocycles. The van der Waals surface area contributed by atoms with Gasteiger partial charge >= 0.3 is 41.8 Å². The van der Waals surface area contributed by atoms with E-state index in [0.717, 1.165) is 48.5 Å². The Morgan fingerprint density at radius 2 is 0.841 bits per heavy atom. The molecule has 44 heavy (non-hydrogen) atoms. The van der Waals surface area contributed by atoms with Gasteiger partial charge in [-0.15, -0.1) is 0 Å². The van der Waals surface area contributed by atoms with Crippen molar-refractivity contribution < 1.29 is 80.9 Å². The van der Waals surface area contributed by atoms with E-state index in [1.54, 1.807) is 0 Å². The number of hydrogen-bond donors (Lipinski definition) is 0. The molecule has 0 amide bonds. The van der Waals surface area contributed by atoms with E-state index in [1.807, 2.05) is 0 Å². The molecule has 2 fully saturated rings. The van der Waals surface area contributed by atoms with E-state index in [1.165, 1.54) is 0 Å². The van der Waals surface area contributed by atoms with Crippen LogP contribution in [0.5, 0.6) is 0 Å². The fourth-order valence-electron chi connectivity index (χ4n) is 4.46. The fourth-order valence-corrected chi connectivity index (χ4v) is 5.15. The lowest BCUT2D eigenvalue weighted by molar-refractivity contribution is -0.341. The summed E-state index contributed by atoms with van der Waals surface area (Å²) in [6, 6.07) is 0. The van der Waals surface area contributed by atoms with E-state index in [9.17, 15) is 33.6 Å². The summed E-state index contributed by atoms with van der Waals surface area (Å²) in [7, 11) is 0. The van der Waals surface area contributed by atoms with Gasteiger partial charge in [0.15, 0.2) is 41.8 Å². The van der Waals surface area contributed by atoms with E-state index < -0.39 is 115 Å². The van der Waals surface area contributed by atoms with Crippen LogP contribution in [0.1, 0.15) is 48.5 Å².